The summed E-state index contributed by atoms with van der Waals surface area (Å²) in [5, 5.41) is 0.897. The molecule has 0 aliphatic carbocycles. The van der Waals surface area contributed by atoms with Crippen molar-refractivity contribution in [2.24, 2.45) is 0 Å². The highest BCUT2D eigenvalue weighted by Gasteiger charge is 2.13. The molecule has 0 saturated carbocycles. The minimum absolute atomic E-state index is 0.238. The van der Waals surface area contributed by atoms with Gasteiger partial charge >= 0.3 is 6.09 Å². The Kier molecular flexibility index (Phi) is 7.42. The van der Waals surface area contributed by atoms with Crippen LogP contribution in [0.2, 0.25) is 10.0 Å². The average Bonchev–Trinajstić information content (AvgIpc) is 2.71. The van der Waals surface area contributed by atoms with Crippen molar-refractivity contribution in [3.63, 3.8) is 0 Å². The van der Waals surface area contributed by atoms with Gasteiger partial charge in [0.15, 0.2) is 0 Å². The van der Waals surface area contributed by atoms with Crippen LogP contribution in [0, 0.1) is 0 Å². The maximum atomic E-state index is 12.2. The van der Waals surface area contributed by atoms with E-state index in [0.717, 1.165) is 15.6 Å². The monoisotopic (exact) mass is 493 g/mol. The minimum atomic E-state index is -0.392. The zero-order chi connectivity index (χ0) is 20.8. The van der Waals surface area contributed by atoms with Crippen LogP contribution in [0.1, 0.15) is 11.1 Å². The smallest absolute Gasteiger partial charge is 0.410 e. The fraction of sp³-hybridized carbons (Fsp3) is 0.136. The van der Waals surface area contributed by atoms with Gasteiger partial charge in [-0.25, -0.2) is 4.79 Å². The fourth-order valence-electron chi connectivity index (χ4n) is 2.55. The van der Waals surface area contributed by atoms with Gasteiger partial charge in [-0.05, 0) is 35.4 Å². The Hall–Kier alpha value is -2.21. The number of hydrogen-bond donors (Lipinski definition) is 0. The van der Waals surface area contributed by atoms with E-state index in [1.165, 1.54) is 4.90 Å². The van der Waals surface area contributed by atoms with Crippen molar-refractivity contribution < 1.29 is 14.3 Å². The second-order valence-electron chi connectivity index (χ2n) is 6.33. The molecule has 3 aromatic carbocycles. The summed E-state index contributed by atoms with van der Waals surface area (Å²) >= 11 is 15.5. The molecule has 29 heavy (non-hydrogen) atoms. The molecule has 0 atom stereocenters. The van der Waals surface area contributed by atoms with Crippen LogP contribution >= 0.6 is 39.1 Å². The van der Waals surface area contributed by atoms with Crippen molar-refractivity contribution in [3.8, 4) is 11.5 Å². The predicted molar refractivity (Wildman–Crippen MR) is 119 cm³/mol. The van der Waals surface area contributed by atoms with Gasteiger partial charge in [0.25, 0.3) is 0 Å². The second kappa shape index (κ2) is 10.0. The van der Waals surface area contributed by atoms with E-state index in [4.69, 9.17) is 32.7 Å². The zero-order valence-electron chi connectivity index (χ0n) is 15.6. The lowest BCUT2D eigenvalue weighted by atomic mass is 10.2. The topological polar surface area (TPSA) is 38.8 Å². The molecule has 0 aromatic heterocycles. The summed E-state index contributed by atoms with van der Waals surface area (Å²) in [7, 11) is 1.69. The number of hydrogen-bond acceptors (Lipinski definition) is 3. The molecule has 150 valence electrons. The molecule has 0 aliphatic rings. The molecule has 0 N–H and O–H groups in total. The summed E-state index contributed by atoms with van der Waals surface area (Å²) in [6.45, 7) is 0.628. The first kappa shape index (κ1) is 21.5. The van der Waals surface area contributed by atoms with Gasteiger partial charge in [-0.1, -0.05) is 75.5 Å². The average molecular weight is 495 g/mol. The molecule has 0 aliphatic heterocycles. The van der Waals surface area contributed by atoms with Crippen molar-refractivity contribution in [2.75, 3.05) is 7.05 Å². The van der Waals surface area contributed by atoms with Gasteiger partial charge < -0.3 is 14.4 Å². The Morgan fingerprint density at radius 1 is 0.966 bits per heavy atom. The molecule has 0 unspecified atom stereocenters. The highest BCUT2D eigenvalue weighted by atomic mass is 79.9. The number of benzene rings is 3. The highest BCUT2D eigenvalue weighted by molar-refractivity contribution is 9.10. The molecule has 0 fully saturated rings. The van der Waals surface area contributed by atoms with Crippen LogP contribution in [-0.4, -0.2) is 18.0 Å². The van der Waals surface area contributed by atoms with Crippen LogP contribution in [0.25, 0.3) is 0 Å². The first-order chi connectivity index (χ1) is 13.9. The summed E-state index contributed by atoms with van der Waals surface area (Å²) in [5.41, 5.74) is 1.87. The Balaban J connectivity index is 1.59. The third-order valence-electron chi connectivity index (χ3n) is 4.08. The van der Waals surface area contributed by atoms with Gasteiger partial charge in [0, 0.05) is 24.1 Å². The van der Waals surface area contributed by atoms with Gasteiger partial charge in [-0.15, -0.1) is 0 Å². The van der Waals surface area contributed by atoms with Crippen LogP contribution < -0.4 is 4.74 Å². The number of rotatable bonds is 6. The van der Waals surface area contributed by atoms with Crippen molar-refractivity contribution in [2.45, 2.75) is 13.2 Å². The molecule has 4 nitrogen and oxygen atoms in total. The zero-order valence-corrected chi connectivity index (χ0v) is 18.7. The minimum Gasteiger partial charge on any atom is -0.457 e. The van der Waals surface area contributed by atoms with E-state index in [1.807, 2.05) is 48.5 Å². The number of amides is 1. The lowest BCUT2D eigenvalue weighted by Gasteiger charge is -2.18. The first-order valence-corrected chi connectivity index (χ1v) is 10.3. The maximum absolute atomic E-state index is 12.2. The number of nitrogens with zero attached hydrogens (tertiary/aromatic N) is 1. The summed E-state index contributed by atoms with van der Waals surface area (Å²) in [6, 6.07) is 20.2. The van der Waals surface area contributed by atoms with Crippen molar-refractivity contribution in [3.05, 3.63) is 92.4 Å². The van der Waals surface area contributed by atoms with E-state index in [0.29, 0.717) is 28.1 Å². The van der Waals surface area contributed by atoms with E-state index in [9.17, 15) is 4.79 Å². The molecule has 3 rings (SSSR count). The van der Waals surface area contributed by atoms with Crippen molar-refractivity contribution in [1.29, 1.82) is 0 Å². The summed E-state index contributed by atoms with van der Waals surface area (Å²) in [6.07, 6.45) is -0.392. The summed E-state index contributed by atoms with van der Waals surface area (Å²) in [4.78, 5) is 13.8. The quantitative estimate of drug-likeness (QED) is 0.360. The molecular formula is C22H18BrCl2NO3. The Labute approximate surface area is 188 Å². The third-order valence-corrected chi connectivity index (χ3v) is 5.55. The number of carbonyl (C=O) groups excluding carboxylic acids is 1. The predicted octanol–water partition coefficient (Wildman–Crippen LogP) is 7.32. The van der Waals surface area contributed by atoms with Crippen LogP contribution in [0.15, 0.2) is 71.2 Å². The Bertz CT molecular complexity index is 999. The summed E-state index contributed by atoms with van der Waals surface area (Å²) in [5.74, 6) is 1.22. The van der Waals surface area contributed by atoms with Crippen LogP contribution in [0.4, 0.5) is 4.79 Å². The SMILES string of the molecule is CN(Cc1ccc(Oc2ccc(Cl)c(Cl)c2)cc1Br)C(=O)OCc1ccccc1. The Morgan fingerprint density at radius 2 is 1.66 bits per heavy atom. The molecule has 0 spiro atoms. The molecule has 1 amide bonds. The molecule has 0 bridgehead atoms. The van der Waals surface area contributed by atoms with E-state index in [2.05, 4.69) is 15.9 Å². The molecule has 7 heteroatoms. The van der Waals surface area contributed by atoms with Crippen molar-refractivity contribution in [1.82, 2.24) is 4.90 Å². The van der Waals surface area contributed by atoms with Crippen LogP contribution in [-0.2, 0) is 17.9 Å². The number of carbonyl (C=O) groups is 1. The standard InChI is InChI=1S/C22H18BrCl2NO3/c1-26(22(27)28-14-15-5-3-2-4-6-15)13-16-7-8-17(11-19(16)23)29-18-9-10-20(24)21(25)12-18/h2-12H,13-14H2,1H3. The van der Waals surface area contributed by atoms with E-state index in [1.54, 1.807) is 25.2 Å². The fourth-order valence-corrected chi connectivity index (χ4v) is 3.32. The molecule has 3 aromatic rings. The molecule has 0 radical (unpaired) electrons. The van der Waals surface area contributed by atoms with E-state index < -0.39 is 6.09 Å². The molecular weight excluding hydrogens is 477 g/mol. The van der Waals surface area contributed by atoms with Crippen molar-refractivity contribution >= 4 is 45.2 Å². The summed E-state index contributed by atoms with van der Waals surface area (Å²) < 4.78 is 12.0. The second-order valence-corrected chi connectivity index (χ2v) is 8.00. The lowest BCUT2D eigenvalue weighted by Crippen LogP contribution is -2.27. The van der Waals surface area contributed by atoms with Gasteiger partial charge in [0.2, 0.25) is 0 Å². The largest absolute Gasteiger partial charge is 0.457 e. The Morgan fingerprint density at radius 3 is 2.34 bits per heavy atom. The number of ether oxygens (including phenoxy) is 2. The van der Waals surface area contributed by atoms with Gasteiger partial charge in [0.1, 0.15) is 18.1 Å². The van der Waals surface area contributed by atoms with E-state index in [-0.39, 0.29) is 6.61 Å². The van der Waals surface area contributed by atoms with Gasteiger partial charge in [-0.3, -0.25) is 0 Å². The molecule has 0 heterocycles. The maximum Gasteiger partial charge on any atom is 0.410 e. The highest BCUT2D eigenvalue weighted by Crippen LogP contribution is 2.31. The third kappa shape index (κ3) is 6.13. The number of halogens is 3. The van der Waals surface area contributed by atoms with Gasteiger partial charge in [0.05, 0.1) is 10.0 Å². The normalized spacial score (nSPS) is 10.5. The van der Waals surface area contributed by atoms with Crippen LogP contribution in [0.5, 0.6) is 11.5 Å². The van der Waals surface area contributed by atoms with Gasteiger partial charge in [-0.2, -0.15) is 0 Å². The molecule has 0 saturated heterocycles. The lowest BCUT2D eigenvalue weighted by molar-refractivity contribution is 0.103. The first-order valence-electron chi connectivity index (χ1n) is 8.75. The van der Waals surface area contributed by atoms with E-state index >= 15 is 0 Å². The van der Waals surface area contributed by atoms with Crippen LogP contribution in [0.3, 0.4) is 0 Å².